The highest BCUT2D eigenvalue weighted by molar-refractivity contribution is 5.95. The average Bonchev–Trinajstić information content (AvgIpc) is 2.43. The number of carbonyl (C=O) groups excluding carboxylic acids is 1. The molecule has 2 N–H and O–H groups in total. The number of rotatable bonds is 4. The van der Waals surface area contributed by atoms with Crippen molar-refractivity contribution in [3.05, 3.63) is 53.6 Å². The van der Waals surface area contributed by atoms with Crippen LogP contribution in [0, 0.1) is 13.8 Å². The first-order valence-electron chi connectivity index (χ1n) is 6.79. The molecule has 2 rings (SSSR count). The van der Waals surface area contributed by atoms with E-state index in [-0.39, 0.29) is 11.7 Å². The number of phenolic OH excluding ortho intramolecular Hbond substituents is 1. The third-order valence-corrected chi connectivity index (χ3v) is 3.08. The number of amides is 1. The summed E-state index contributed by atoms with van der Waals surface area (Å²) in [5.41, 5.74) is 2.41. The van der Waals surface area contributed by atoms with Crippen LogP contribution >= 0.6 is 0 Å². The topological polar surface area (TPSA) is 58.6 Å². The van der Waals surface area contributed by atoms with Crippen molar-refractivity contribution in [2.75, 3.05) is 5.32 Å². The first kappa shape index (κ1) is 14.9. The first-order valence-corrected chi connectivity index (χ1v) is 6.79. The lowest BCUT2D eigenvalue weighted by molar-refractivity contribution is -0.122. The molecule has 0 saturated heterocycles. The number of aromatic hydroxyl groups is 1. The number of benzene rings is 2. The molecule has 2 aromatic carbocycles. The fourth-order valence-corrected chi connectivity index (χ4v) is 1.93. The van der Waals surface area contributed by atoms with Crippen molar-refractivity contribution < 1.29 is 14.6 Å². The third-order valence-electron chi connectivity index (χ3n) is 3.08. The van der Waals surface area contributed by atoms with Crippen LogP contribution in [-0.2, 0) is 4.79 Å². The normalized spacial score (nSPS) is 11.8. The summed E-state index contributed by atoms with van der Waals surface area (Å²) in [6.45, 7) is 5.52. The van der Waals surface area contributed by atoms with Crippen molar-refractivity contribution in [2.45, 2.75) is 26.9 Å². The molecular formula is C17H19NO3. The quantitative estimate of drug-likeness (QED) is 0.846. The zero-order chi connectivity index (χ0) is 15.4. The van der Waals surface area contributed by atoms with Gasteiger partial charge in [0.05, 0.1) is 5.69 Å². The second-order valence-electron chi connectivity index (χ2n) is 5.09. The summed E-state index contributed by atoms with van der Waals surface area (Å²) in [4.78, 5) is 12.1. The molecule has 0 aliphatic heterocycles. The van der Waals surface area contributed by atoms with E-state index in [2.05, 4.69) is 5.32 Å². The number of aryl methyl sites for hydroxylation is 2. The van der Waals surface area contributed by atoms with Gasteiger partial charge in [0.25, 0.3) is 5.91 Å². The lowest BCUT2D eigenvalue weighted by atomic mass is 10.2. The minimum atomic E-state index is -0.660. The summed E-state index contributed by atoms with van der Waals surface area (Å²) in [5, 5.41) is 12.4. The monoisotopic (exact) mass is 285 g/mol. The van der Waals surface area contributed by atoms with Gasteiger partial charge in [-0.1, -0.05) is 18.2 Å². The molecule has 0 heterocycles. The second kappa shape index (κ2) is 6.31. The van der Waals surface area contributed by atoms with Crippen molar-refractivity contribution in [3.63, 3.8) is 0 Å². The lowest BCUT2D eigenvalue weighted by Crippen LogP contribution is -2.30. The van der Waals surface area contributed by atoms with Crippen molar-refractivity contribution in [1.29, 1.82) is 0 Å². The van der Waals surface area contributed by atoms with Crippen LogP contribution in [0.15, 0.2) is 42.5 Å². The number of carbonyl (C=O) groups is 1. The Morgan fingerprint density at radius 2 is 1.86 bits per heavy atom. The number of ether oxygens (including phenoxy) is 1. The second-order valence-corrected chi connectivity index (χ2v) is 5.09. The van der Waals surface area contributed by atoms with E-state index >= 15 is 0 Å². The van der Waals surface area contributed by atoms with E-state index < -0.39 is 6.10 Å². The SMILES string of the molecule is Cc1cccc(O[C@H](C)C(=O)Nc2cc(C)ccc2O)c1. The highest BCUT2D eigenvalue weighted by atomic mass is 16.5. The Kier molecular flexibility index (Phi) is 4.48. The molecule has 0 radical (unpaired) electrons. The summed E-state index contributed by atoms with van der Waals surface area (Å²) < 4.78 is 5.61. The van der Waals surface area contributed by atoms with Gasteiger partial charge in [-0.3, -0.25) is 4.79 Å². The van der Waals surface area contributed by atoms with E-state index in [1.54, 1.807) is 31.2 Å². The molecule has 0 aliphatic carbocycles. The Labute approximate surface area is 124 Å². The van der Waals surface area contributed by atoms with Gasteiger partial charge < -0.3 is 15.2 Å². The van der Waals surface area contributed by atoms with Crippen LogP contribution in [-0.4, -0.2) is 17.1 Å². The Hall–Kier alpha value is -2.49. The van der Waals surface area contributed by atoms with E-state index in [4.69, 9.17) is 4.74 Å². The molecule has 0 spiro atoms. The van der Waals surface area contributed by atoms with Gasteiger partial charge >= 0.3 is 0 Å². The smallest absolute Gasteiger partial charge is 0.265 e. The molecule has 0 aromatic heterocycles. The lowest BCUT2D eigenvalue weighted by Gasteiger charge is -2.16. The molecule has 4 nitrogen and oxygen atoms in total. The highest BCUT2D eigenvalue weighted by Gasteiger charge is 2.16. The predicted molar refractivity (Wildman–Crippen MR) is 82.7 cm³/mol. The van der Waals surface area contributed by atoms with Gasteiger partial charge in [-0.15, -0.1) is 0 Å². The fraction of sp³-hybridized carbons (Fsp3) is 0.235. The first-order chi connectivity index (χ1) is 9.95. The average molecular weight is 285 g/mol. The van der Waals surface area contributed by atoms with Gasteiger partial charge in [-0.05, 0) is 56.2 Å². The number of phenols is 1. The van der Waals surface area contributed by atoms with E-state index in [1.165, 1.54) is 0 Å². The van der Waals surface area contributed by atoms with Crippen LogP contribution < -0.4 is 10.1 Å². The maximum absolute atomic E-state index is 12.1. The highest BCUT2D eigenvalue weighted by Crippen LogP contribution is 2.24. The van der Waals surface area contributed by atoms with E-state index in [1.807, 2.05) is 32.0 Å². The van der Waals surface area contributed by atoms with Crippen LogP contribution in [0.1, 0.15) is 18.1 Å². The van der Waals surface area contributed by atoms with Crippen molar-refractivity contribution in [1.82, 2.24) is 0 Å². The van der Waals surface area contributed by atoms with Crippen LogP contribution in [0.4, 0.5) is 5.69 Å². The Balaban J connectivity index is 2.04. The Morgan fingerprint density at radius 1 is 1.14 bits per heavy atom. The van der Waals surface area contributed by atoms with Crippen LogP contribution in [0.2, 0.25) is 0 Å². The summed E-state index contributed by atoms with van der Waals surface area (Å²) in [5.74, 6) is 0.375. The maximum atomic E-state index is 12.1. The van der Waals surface area contributed by atoms with Crippen molar-refractivity contribution >= 4 is 11.6 Å². The molecule has 0 bridgehead atoms. The molecule has 0 fully saturated rings. The van der Waals surface area contributed by atoms with Crippen molar-refractivity contribution in [3.8, 4) is 11.5 Å². The fourth-order valence-electron chi connectivity index (χ4n) is 1.93. The van der Waals surface area contributed by atoms with Gasteiger partial charge in [0.2, 0.25) is 0 Å². The van der Waals surface area contributed by atoms with E-state index in [0.29, 0.717) is 11.4 Å². The van der Waals surface area contributed by atoms with Gasteiger partial charge in [-0.2, -0.15) is 0 Å². The molecular weight excluding hydrogens is 266 g/mol. The summed E-state index contributed by atoms with van der Waals surface area (Å²) >= 11 is 0. The van der Waals surface area contributed by atoms with Gasteiger partial charge in [-0.25, -0.2) is 0 Å². The Morgan fingerprint density at radius 3 is 2.57 bits per heavy atom. The Bertz CT molecular complexity index is 652. The van der Waals surface area contributed by atoms with Gasteiger partial charge in [0.15, 0.2) is 6.10 Å². The molecule has 0 saturated carbocycles. The van der Waals surface area contributed by atoms with Crippen LogP contribution in [0.3, 0.4) is 0 Å². The minimum Gasteiger partial charge on any atom is -0.506 e. The third kappa shape index (κ3) is 3.99. The van der Waals surface area contributed by atoms with Gasteiger partial charge in [0, 0.05) is 0 Å². The van der Waals surface area contributed by atoms with Crippen molar-refractivity contribution in [2.24, 2.45) is 0 Å². The number of anilines is 1. The zero-order valence-corrected chi connectivity index (χ0v) is 12.4. The molecule has 1 amide bonds. The van der Waals surface area contributed by atoms with Gasteiger partial charge in [0.1, 0.15) is 11.5 Å². The molecule has 21 heavy (non-hydrogen) atoms. The predicted octanol–water partition coefficient (Wildman–Crippen LogP) is 3.42. The number of hydrogen-bond acceptors (Lipinski definition) is 3. The molecule has 0 aliphatic rings. The largest absolute Gasteiger partial charge is 0.506 e. The molecule has 110 valence electrons. The van der Waals surface area contributed by atoms with E-state index in [9.17, 15) is 9.90 Å². The van der Waals surface area contributed by atoms with E-state index in [0.717, 1.165) is 11.1 Å². The molecule has 4 heteroatoms. The summed E-state index contributed by atoms with van der Waals surface area (Å²) in [7, 11) is 0. The number of nitrogens with one attached hydrogen (secondary N) is 1. The number of hydrogen-bond donors (Lipinski definition) is 2. The molecule has 2 aromatic rings. The van der Waals surface area contributed by atoms with Crippen LogP contribution in [0.5, 0.6) is 11.5 Å². The molecule has 1 atom stereocenters. The molecule has 0 unspecified atom stereocenters. The minimum absolute atomic E-state index is 0.0386. The zero-order valence-electron chi connectivity index (χ0n) is 12.4. The summed E-state index contributed by atoms with van der Waals surface area (Å²) in [6, 6.07) is 12.6. The van der Waals surface area contributed by atoms with Crippen LogP contribution in [0.25, 0.3) is 0 Å². The maximum Gasteiger partial charge on any atom is 0.265 e. The summed E-state index contributed by atoms with van der Waals surface area (Å²) in [6.07, 6.45) is -0.660. The standard InChI is InChI=1S/C17H19NO3/c1-11-5-4-6-14(9-11)21-13(3)17(20)18-15-10-12(2)7-8-16(15)19/h4-10,13,19H,1-3H3,(H,18,20)/t13-/m1/s1.